The molecule has 146 valence electrons. The fourth-order valence-corrected chi connectivity index (χ4v) is 3.49. The van der Waals surface area contributed by atoms with E-state index in [9.17, 15) is 14.7 Å². The molecule has 1 atom stereocenters. The predicted octanol–water partition coefficient (Wildman–Crippen LogP) is 3.91. The number of nitrogens with zero attached hydrogens (tertiary/aromatic N) is 2. The third-order valence-electron chi connectivity index (χ3n) is 5.00. The second-order valence-corrected chi connectivity index (χ2v) is 7.10. The molecule has 1 N–H and O–H groups in total. The number of benzene rings is 1. The summed E-state index contributed by atoms with van der Waals surface area (Å²) < 4.78 is 5.76. The van der Waals surface area contributed by atoms with Gasteiger partial charge in [0.1, 0.15) is 23.3 Å². The molecule has 3 aromatic rings. The highest BCUT2D eigenvalue weighted by atomic mass is 16.3. The minimum Gasteiger partial charge on any atom is -0.507 e. The predicted molar refractivity (Wildman–Crippen MR) is 107 cm³/mol. The van der Waals surface area contributed by atoms with Crippen molar-refractivity contribution in [3.63, 3.8) is 0 Å². The van der Waals surface area contributed by atoms with Gasteiger partial charge in [-0.15, -0.1) is 0 Å². The fourth-order valence-electron chi connectivity index (χ4n) is 3.49. The van der Waals surface area contributed by atoms with Crippen LogP contribution in [0, 0.1) is 13.8 Å². The lowest BCUT2D eigenvalue weighted by atomic mass is 9.98. The van der Waals surface area contributed by atoms with Gasteiger partial charge in [0.25, 0.3) is 11.7 Å². The summed E-state index contributed by atoms with van der Waals surface area (Å²) in [5, 5.41) is 11.0. The standard InChI is InChI=1S/C23H20N2O4/c1-14-3-6-17(7-4-14)21(26)19-20(18-8-5-15(2)29-18)25(23(28)22(19)27)13-16-9-11-24-12-10-16/h3-12,20,26H,13H2,1-2H3/b21-19-. The Bertz CT molecular complexity index is 1100. The zero-order valence-electron chi connectivity index (χ0n) is 16.1. The molecule has 3 heterocycles. The molecule has 0 aliphatic carbocycles. The van der Waals surface area contributed by atoms with Crippen LogP contribution >= 0.6 is 0 Å². The fraction of sp³-hybridized carbons (Fsp3) is 0.174. The quantitative estimate of drug-likeness (QED) is 0.416. The van der Waals surface area contributed by atoms with Crippen LogP contribution in [0.25, 0.3) is 5.76 Å². The van der Waals surface area contributed by atoms with Gasteiger partial charge in [-0.05, 0) is 43.7 Å². The molecule has 1 saturated heterocycles. The smallest absolute Gasteiger partial charge is 0.296 e. The summed E-state index contributed by atoms with van der Waals surface area (Å²) in [6, 6.07) is 13.4. The summed E-state index contributed by atoms with van der Waals surface area (Å²) in [5.41, 5.74) is 2.36. The molecule has 2 aromatic heterocycles. The summed E-state index contributed by atoms with van der Waals surface area (Å²) in [4.78, 5) is 31.2. The van der Waals surface area contributed by atoms with Crippen molar-refractivity contribution in [2.45, 2.75) is 26.4 Å². The molecule has 1 aliphatic rings. The molecule has 0 spiro atoms. The number of furan rings is 1. The molecular formula is C23H20N2O4. The van der Waals surface area contributed by atoms with Crippen molar-refractivity contribution in [1.82, 2.24) is 9.88 Å². The van der Waals surface area contributed by atoms with E-state index in [4.69, 9.17) is 4.42 Å². The number of hydrogen-bond donors (Lipinski definition) is 1. The molecule has 1 aliphatic heterocycles. The van der Waals surface area contributed by atoms with Crippen LogP contribution in [0.3, 0.4) is 0 Å². The number of hydrogen-bond acceptors (Lipinski definition) is 5. The molecule has 1 aromatic carbocycles. The van der Waals surface area contributed by atoms with E-state index >= 15 is 0 Å². The third kappa shape index (κ3) is 3.45. The summed E-state index contributed by atoms with van der Waals surface area (Å²) in [6.07, 6.45) is 3.26. The van der Waals surface area contributed by atoms with E-state index in [-0.39, 0.29) is 17.9 Å². The number of amides is 1. The maximum atomic E-state index is 12.9. The Kier molecular flexibility index (Phi) is 4.76. The molecule has 0 saturated carbocycles. The highest BCUT2D eigenvalue weighted by Crippen LogP contribution is 2.40. The first-order valence-electron chi connectivity index (χ1n) is 9.26. The van der Waals surface area contributed by atoms with Crippen molar-refractivity contribution in [3.8, 4) is 0 Å². The molecule has 0 radical (unpaired) electrons. The van der Waals surface area contributed by atoms with Gasteiger partial charge in [0.2, 0.25) is 0 Å². The second kappa shape index (κ2) is 7.39. The summed E-state index contributed by atoms with van der Waals surface area (Å²) in [5.74, 6) is -0.514. The highest BCUT2D eigenvalue weighted by molar-refractivity contribution is 6.46. The van der Waals surface area contributed by atoms with Crippen LogP contribution < -0.4 is 0 Å². The first-order chi connectivity index (χ1) is 14.0. The molecule has 6 nitrogen and oxygen atoms in total. The van der Waals surface area contributed by atoms with Gasteiger partial charge < -0.3 is 14.4 Å². The third-order valence-corrected chi connectivity index (χ3v) is 5.00. The Morgan fingerprint density at radius 3 is 2.34 bits per heavy atom. The number of aliphatic hydroxyl groups excluding tert-OH is 1. The monoisotopic (exact) mass is 388 g/mol. The normalized spacial score (nSPS) is 18.4. The molecule has 0 bridgehead atoms. The summed E-state index contributed by atoms with van der Waals surface area (Å²) >= 11 is 0. The van der Waals surface area contributed by atoms with Gasteiger partial charge >= 0.3 is 0 Å². The highest BCUT2D eigenvalue weighted by Gasteiger charge is 2.47. The summed E-state index contributed by atoms with van der Waals surface area (Å²) in [7, 11) is 0. The average Bonchev–Trinajstić information content (AvgIpc) is 3.25. The SMILES string of the molecule is Cc1ccc(/C(O)=C2/C(=O)C(=O)N(Cc3ccncc3)C2c2ccc(C)o2)cc1. The van der Waals surface area contributed by atoms with E-state index < -0.39 is 17.7 Å². The van der Waals surface area contributed by atoms with Crippen LogP contribution in [0.4, 0.5) is 0 Å². The maximum Gasteiger partial charge on any atom is 0.296 e. The Morgan fingerprint density at radius 2 is 1.72 bits per heavy atom. The lowest BCUT2D eigenvalue weighted by molar-refractivity contribution is -0.140. The number of aryl methyl sites for hydroxylation is 2. The Labute approximate surface area is 168 Å². The summed E-state index contributed by atoms with van der Waals surface area (Å²) in [6.45, 7) is 3.92. The van der Waals surface area contributed by atoms with E-state index in [0.29, 0.717) is 17.1 Å². The topological polar surface area (TPSA) is 83.6 Å². The lowest BCUT2D eigenvalue weighted by Crippen LogP contribution is -2.29. The van der Waals surface area contributed by atoms with Crippen LogP contribution in [0.1, 0.15) is 34.3 Å². The maximum absolute atomic E-state index is 12.9. The molecule has 29 heavy (non-hydrogen) atoms. The molecular weight excluding hydrogens is 368 g/mol. The van der Waals surface area contributed by atoms with Crippen molar-refractivity contribution >= 4 is 17.4 Å². The molecule has 4 rings (SSSR count). The van der Waals surface area contributed by atoms with E-state index in [2.05, 4.69) is 4.98 Å². The van der Waals surface area contributed by atoms with Crippen LogP contribution in [0.2, 0.25) is 0 Å². The van der Waals surface area contributed by atoms with E-state index in [1.807, 2.05) is 19.1 Å². The molecule has 1 unspecified atom stereocenters. The van der Waals surface area contributed by atoms with Gasteiger partial charge in [-0.25, -0.2) is 0 Å². The van der Waals surface area contributed by atoms with Crippen molar-refractivity contribution in [1.29, 1.82) is 0 Å². The van der Waals surface area contributed by atoms with Crippen LogP contribution in [0.15, 0.2) is 70.9 Å². The van der Waals surface area contributed by atoms with E-state index in [1.165, 1.54) is 4.90 Å². The molecule has 1 fully saturated rings. The van der Waals surface area contributed by atoms with Crippen molar-refractivity contribution < 1.29 is 19.1 Å². The van der Waals surface area contributed by atoms with Gasteiger partial charge in [0.15, 0.2) is 0 Å². The minimum absolute atomic E-state index is 0.0299. The first-order valence-corrected chi connectivity index (χ1v) is 9.26. The number of Topliss-reactive ketones (excluding diaryl/α,β-unsaturated/α-hetero) is 1. The number of aliphatic hydroxyl groups is 1. The van der Waals surface area contributed by atoms with Gasteiger partial charge in [-0.3, -0.25) is 14.6 Å². The lowest BCUT2D eigenvalue weighted by Gasteiger charge is -2.23. The van der Waals surface area contributed by atoms with Crippen LogP contribution in [-0.2, 0) is 16.1 Å². The van der Waals surface area contributed by atoms with Gasteiger partial charge in [0, 0.05) is 24.5 Å². The number of pyridine rings is 1. The van der Waals surface area contributed by atoms with Crippen LogP contribution in [0.5, 0.6) is 0 Å². The van der Waals surface area contributed by atoms with Gasteiger partial charge in [-0.2, -0.15) is 0 Å². The second-order valence-electron chi connectivity index (χ2n) is 7.10. The Morgan fingerprint density at radius 1 is 1.03 bits per heavy atom. The number of carbonyl (C=O) groups is 2. The van der Waals surface area contributed by atoms with E-state index in [1.54, 1.807) is 55.7 Å². The van der Waals surface area contributed by atoms with Crippen LogP contribution in [-0.4, -0.2) is 26.7 Å². The molecule has 6 heteroatoms. The number of aromatic nitrogens is 1. The number of ketones is 1. The van der Waals surface area contributed by atoms with Crippen molar-refractivity contribution in [2.75, 3.05) is 0 Å². The molecule has 1 amide bonds. The Hall–Kier alpha value is -3.67. The number of carbonyl (C=O) groups excluding carboxylic acids is 2. The largest absolute Gasteiger partial charge is 0.507 e. The zero-order valence-corrected chi connectivity index (χ0v) is 16.1. The Balaban J connectivity index is 1.84. The minimum atomic E-state index is -0.807. The zero-order chi connectivity index (χ0) is 20.5. The first kappa shape index (κ1) is 18.7. The number of likely N-dealkylation sites (tertiary alicyclic amines) is 1. The van der Waals surface area contributed by atoms with Gasteiger partial charge in [0.05, 0.1) is 5.57 Å². The van der Waals surface area contributed by atoms with Gasteiger partial charge in [-0.1, -0.05) is 29.8 Å². The number of rotatable bonds is 4. The van der Waals surface area contributed by atoms with E-state index in [0.717, 1.165) is 11.1 Å². The average molecular weight is 388 g/mol. The van der Waals surface area contributed by atoms with Crippen molar-refractivity contribution in [2.24, 2.45) is 0 Å². The van der Waals surface area contributed by atoms with Crippen molar-refractivity contribution in [3.05, 3.63) is 94.7 Å².